The Morgan fingerprint density at radius 2 is 2.29 bits per heavy atom. The second kappa shape index (κ2) is 4.82. The van der Waals surface area contributed by atoms with Gasteiger partial charge in [-0.2, -0.15) is 0 Å². The van der Waals surface area contributed by atoms with Crippen LogP contribution < -0.4 is 5.32 Å². The molecular weight excluding hydrogens is 214 g/mol. The predicted molar refractivity (Wildman–Crippen MR) is 67.0 cm³/mol. The molecule has 1 heterocycles. The number of carbonyl (C=O) groups excluding carboxylic acids is 1. The summed E-state index contributed by atoms with van der Waals surface area (Å²) >= 11 is 0. The number of carbonyl (C=O) groups is 1. The molecule has 0 saturated heterocycles. The van der Waals surface area contributed by atoms with Crippen LogP contribution in [-0.4, -0.2) is 15.3 Å². The van der Waals surface area contributed by atoms with Gasteiger partial charge in [-0.05, 0) is 19.1 Å². The molecule has 2 rings (SSSR count). The maximum atomic E-state index is 11.2. The molecule has 0 aliphatic carbocycles. The number of nitrogens with zero attached hydrogens (tertiary/aromatic N) is 2. The summed E-state index contributed by atoms with van der Waals surface area (Å²) in [5.74, 6) is 1.03. The van der Waals surface area contributed by atoms with Crippen LogP contribution in [0, 0.1) is 0 Å². The first-order valence-corrected chi connectivity index (χ1v) is 5.48. The van der Waals surface area contributed by atoms with Gasteiger partial charge in [-0.3, -0.25) is 4.79 Å². The summed E-state index contributed by atoms with van der Waals surface area (Å²) in [7, 11) is 1.95. The summed E-state index contributed by atoms with van der Waals surface area (Å²) < 4.78 is 1.96. The van der Waals surface area contributed by atoms with Crippen molar-refractivity contribution >= 4 is 11.5 Å². The Labute approximate surface area is 100 Å². The molecule has 0 spiro atoms. The zero-order valence-electron chi connectivity index (χ0n) is 9.97. The number of hydrogen-bond acceptors (Lipinski definition) is 3. The number of aromatic nitrogens is 2. The van der Waals surface area contributed by atoms with Gasteiger partial charge in [0.2, 0.25) is 0 Å². The molecule has 0 saturated carbocycles. The van der Waals surface area contributed by atoms with Crippen molar-refractivity contribution in [3.8, 4) is 0 Å². The minimum atomic E-state index is 0.0747. The minimum Gasteiger partial charge on any atom is -0.378 e. The zero-order chi connectivity index (χ0) is 12.3. The standard InChI is InChI=1S/C13H15N3O/c1-10(17)11-4-3-5-12(8-11)15-9-13-14-6-7-16(13)2/h3-8,15H,9H2,1-2H3. The Balaban J connectivity index is 2.07. The summed E-state index contributed by atoms with van der Waals surface area (Å²) in [6.07, 6.45) is 3.67. The number of anilines is 1. The van der Waals surface area contributed by atoms with Crippen molar-refractivity contribution in [2.24, 2.45) is 7.05 Å². The van der Waals surface area contributed by atoms with Crippen LogP contribution >= 0.6 is 0 Å². The van der Waals surface area contributed by atoms with Crippen LogP contribution in [0.3, 0.4) is 0 Å². The number of benzene rings is 1. The van der Waals surface area contributed by atoms with E-state index in [1.807, 2.05) is 42.1 Å². The maximum Gasteiger partial charge on any atom is 0.159 e. The molecule has 0 aliphatic rings. The second-order valence-corrected chi connectivity index (χ2v) is 3.94. The molecule has 4 nitrogen and oxygen atoms in total. The SMILES string of the molecule is CC(=O)c1cccc(NCc2nccn2C)c1. The van der Waals surface area contributed by atoms with Gasteiger partial charge < -0.3 is 9.88 Å². The third-order valence-electron chi connectivity index (χ3n) is 2.64. The fourth-order valence-corrected chi connectivity index (χ4v) is 1.60. The average molecular weight is 229 g/mol. The lowest BCUT2D eigenvalue weighted by Gasteiger charge is -2.07. The molecule has 0 aliphatic heterocycles. The van der Waals surface area contributed by atoms with Gasteiger partial charge >= 0.3 is 0 Å². The first-order chi connectivity index (χ1) is 8.16. The monoisotopic (exact) mass is 229 g/mol. The van der Waals surface area contributed by atoms with Gasteiger partial charge in [0.15, 0.2) is 5.78 Å². The van der Waals surface area contributed by atoms with Gasteiger partial charge in [-0.15, -0.1) is 0 Å². The van der Waals surface area contributed by atoms with E-state index >= 15 is 0 Å². The van der Waals surface area contributed by atoms with Crippen LogP contribution in [0.5, 0.6) is 0 Å². The third kappa shape index (κ3) is 2.72. The van der Waals surface area contributed by atoms with Crippen molar-refractivity contribution in [1.82, 2.24) is 9.55 Å². The third-order valence-corrected chi connectivity index (χ3v) is 2.64. The number of imidazole rings is 1. The Morgan fingerprint density at radius 3 is 2.94 bits per heavy atom. The normalized spacial score (nSPS) is 10.2. The summed E-state index contributed by atoms with van der Waals surface area (Å²) in [4.78, 5) is 15.5. The average Bonchev–Trinajstić information content (AvgIpc) is 2.72. The Kier molecular flexibility index (Phi) is 3.23. The highest BCUT2D eigenvalue weighted by atomic mass is 16.1. The van der Waals surface area contributed by atoms with Gasteiger partial charge in [-0.1, -0.05) is 12.1 Å². The molecule has 0 fully saturated rings. The Morgan fingerprint density at radius 1 is 1.47 bits per heavy atom. The van der Waals surface area contributed by atoms with Crippen LogP contribution in [0.15, 0.2) is 36.7 Å². The van der Waals surface area contributed by atoms with E-state index in [0.29, 0.717) is 6.54 Å². The smallest absolute Gasteiger partial charge is 0.159 e. The fourth-order valence-electron chi connectivity index (χ4n) is 1.60. The number of Topliss-reactive ketones (excluding diaryl/α,β-unsaturated/α-hetero) is 1. The summed E-state index contributed by atoms with van der Waals surface area (Å²) in [5, 5.41) is 3.25. The van der Waals surface area contributed by atoms with Crippen molar-refractivity contribution < 1.29 is 4.79 Å². The molecule has 0 atom stereocenters. The first kappa shape index (κ1) is 11.4. The highest BCUT2D eigenvalue weighted by Gasteiger charge is 2.02. The van der Waals surface area contributed by atoms with Gasteiger partial charge in [0, 0.05) is 30.7 Å². The number of aryl methyl sites for hydroxylation is 1. The van der Waals surface area contributed by atoms with Gasteiger partial charge in [0.1, 0.15) is 5.82 Å². The van der Waals surface area contributed by atoms with Gasteiger partial charge in [0.05, 0.1) is 6.54 Å². The van der Waals surface area contributed by atoms with E-state index in [4.69, 9.17) is 0 Å². The number of hydrogen-bond donors (Lipinski definition) is 1. The molecule has 0 amide bonds. The molecule has 0 radical (unpaired) electrons. The van der Waals surface area contributed by atoms with Crippen molar-refractivity contribution in [2.45, 2.75) is 13.5 Å². The predicted octanol–water partition coefficient (Wildman–Crippen LogP) is 2.23. The lowest BCUT2D eigenvalue weighted by molar-refractivity contribution is 0.101. The largest absolute Gasteiger partial charge is 0.378 e. The van der Waals surface area contributed by atoms with E-state index in [0.717, 1.165) is 17.1 Å². The summed E-state index contributed by atoms with van der Waals surface area (Å²) in [6, 6.07) is 7.48. The summed E-state index contributed by atoms with van der Waals surface area (Å²) in [6.45, 7) is 2.21. The number of nitrogens with one attached hydrogen (secondary N) is 1. The molecule has 0 bridgehead atoms. The second-order valence-electron chi connectivity index (χ2n) is 3.94. The van der Waals surface area contributed by atoms with E-state index < -0.39 is 0 Å². The Bertz CT molecular complexity index is 531. The molecule has 2 aromatic rings. The number of ketones is 1. The lowest BCUT2D eigenvalue weighted by Crippen LogP contribution is -2.06. The molecular formula is C13H15N3O. The molecule has 4 heteroatoms. The fraction of sp³-hybridized carbons (Fsp3) is 0.231. The summed E-state index contributed by atoms with van der Waals surface area (Å²) in [5.41, 5.74) is 1.65. The Hall–Kier alpha value is -2.10. The number of rotatable bonds is 4. The van der Waals surface area contributed by atoms with Crippen molar-refractivity contribution in [3.05, 3.63) is 48.0 Å². The molecule has 1 aromatic carbocycles. The van der Waals surface area contributed by atoms with E-state index in [1.165, 1.54) is 0 Å². The quantitative estimate of drug-likeness (QED) is 0.818. The van der Waals surface area contributed by atoms with E-state index in [1.54, 1.807) is 13.1 Å². The van der Waals surface area contributed by atoms with Crippen molar-refractivity contribution in [2.75, 3.05) is 5.32 Å². The van der Waals surface area contributed by atoms with Gasteiger partial charge in [-0.25, -0.2) is 4.98 Å². The molecule has 1 aromatic heterocycles. The zero-order valence-corrected chi connectivity index (χ0v) is 9.97. The van der Waals surface area contributed by atoms with E-state index in [9.17, 15) is 4.79 Å². The van der Waals surface area contributed by atoms with Crippen LogP contribution in [0.2, 0.25) is 0 Å². The maximum absolute atomic E-state index is 11.2. The molecule has 1 N–H and O–H groups in total. The van der Waals surface area contributed by atoms with Crippen LogP contribution in [0.4, 0.5) is 5.69 Å². The van der Waals surface area contributed by atoms with Crippen LogP contribution in [0.1, 0.15) is 23.1 Å². The first-order valence-electron chi connectivity index (χ1n) is 5.48. The van der Waals surface area contributed by atoms with E-state index in [-0.39, 0.29) is 5.78 Å². The minimum absolute atomic E-state index is 0.0747. The molecule has 88 valence electrons. The lowest BCUT2D eigenvalue weighted by atomic mass is 10.1. The van der Waals surface area contributed by atoms with Crippen molar-refractivity contribution in [1.29, 1.82) is 0 Å². The van der Waals surface area contributed by atoms with Crippen molar-refractivity contribution in [3.63, 3.8) is 0 Å². The highest BCUT2D eigenvalue weighted by Crippen LogP contribution is 2.12. The highest BCUT2D eigenvalue weighted by molar-refractivity contribution is 5.94. The molecule has 17 heavy (non-hydrogen) atoms. The van der Waals surface area contributed by atoms with Gasteiger partial charge in [0.25, 0.3) is 0 Å². The van der Waals surface area contributed by atoms with Crippen LogP contribution in [-0.2, 0) is 13.6 Å². The van der Waals surface area contributed by atoms with E-state index in [2.05, 4.69) is 10.3 Å². The molecule has 0 unspecified atom stereocenters. The van der Waals surface area contributed by atoms with Crippen LogP contribution in [0.25, 0.3) is 0 Å². The topological polar surface area (TPSA) is 46.9 Å².